The summed E-state index contributed by atoms with van der Waals surface area (Å²) < 4.78 is 26.9. The van der Waals surface area contributed by atoms with E-state index in [2.05, 4.69) is 11.6 Å². The molecule has 0 amide bonds. The van der Waals surface area contributed by atoms with E-state index in [1.54, 1.807) is 0 Å². The molecule has 1 aromatic rings. The van der Waals surface area contributed by atoms with Crippen LogP contribution >= 0.6 is 11.8 Å². The summed E-state index contributed by atoms with van der Waals surface area (Å²) in [7, 11) is -3.48. The molecule has 1 unspecified atom stereocenters. The quantitative estimate of drug-likeness (QED) is 0.924. The summed E-state index contributed by atoms with van der Waals surface area (Å²) in [6.07, 6.45) is 2.17. The van der Waals surface area contributed by atoms with Crippen molar-refractivity contribution in [2.24, 2.45) is 0 Å². The Kier molecular flexibility index (Phi) is 4.19. The molecule has 6 heteroatoms. The van der Waals surface area contributed by atoms with Crippen LogP contribution < -0.4 is 4.72 Å². The van der Waals surface area contributed by atoms with Crippen molar-refractivity contribution < 1.29 is 8.42 Å². The van der Waals surface area contributed by atoms with Crippen LogP contribution in [0.4, 0.5) is 0 Å². The van der Waals surface area contributed by atoms with E-state index >= 15 is 0 Å². The zero-order valence-electron chi connectivity index (χ0n) is 10.7. The van der Waals surface area contributed by atoms with E-state index < -0.39 is 10.0 Å². The van der Waals surface area contributed by atoms with E-state index in [1.165, 1.54) is 24.3 Å². The van der Waals surface area contributed by atoms with Gasteiger partial charge < -0.3 is 0 Å². The van der Waals surface area contributed by atoms with E-state index in [9.17, 15) is 8.42 Å². The highest BCUT2D eigenvalue weighted by Crippen LogP contribution is 2.37. The highest BCUT2D eigenvalue weighted by atomic mass is 32.2. The summed E-state index contributed by atoms with van der Waals surface area (Å²) in [4.78, 5) is 0.207. The first-order chi connectivity index (χ1) is 8.95. The Labute approximate surface area is 118 Å². The number of nitrogens with one attached hydrogen (secondary N) is 1. The number of rotatable bonds is 4. The molecule has 2 rings (SSSR count). The highest BCUT2D eigenvalue weighted by molar-refractivity contribution is 8.01. The molecule has 1 aromatic carbocycles. The molecule has 0 aromatic heterocycles. The first kappa shape index (κ1) is 14.4. The van der Waals surface area contributed by atoms with Gasteiger partial charge in [-0.25, -0.2) is 13.1 Å². The van der Waals surface area contributed by atoms with Crippen LogP contribution in [0.3, 0.4) is 0 Å². The lowest BCUT2D eigenvalue weighted by Crippen LogP contribution is -2.36. The molecule has 0 radical (unpaired) electrons. The molecule has 19 heavy (non-hydrogen) atoms. The third kappa shape index (κ3) is 3.50. The average Bonchev–Trinajstić information content (AvgIpc) is 2.84. The number of hydrogen-bond donors (Lipinski definition) is 1. The summed E-state index contributed by atoms with van der Waals surface area (Å²) in [5.41, 5.74) is 0.456. The lowest BCUT2D eigenvalue weighted by atomic mass is 10.1. The number of sulfonamides is 1. The molecule has 1 aliphatic rings. The second-order valence-corrected chi connectivity index (χ2v) is 8.31. The van der Waals surface area contributed by atoms with E-state index in [4.69, 9.17) is 5.26 Å². The Bertz CT molecular complexity index is 582. The van der Waals surface area contributed by atoms with E-state index in [-0.39, 0.29) is 9.64 Å². The van der Waals surface area contributed by atoms with Gasteiger partial charge >= 0.3 is 0 Å². The number of nitrogens with zero attached hydrogens (tertiary/aromatic N) is 1. The summed E-state index contributed by atoms with van der Waals surface area (Å²) in [5, 5.41) is 8.69. The Morgan fingerprint density at radius 2 is 2.11 bits per heavy atom. The minimum absolute atomic E-state index is 0.000333. The average molecular weight is 296 g/mol. The first-order valence-electron chi connectivity index (χ1n) is 6.09. The number of nitriles is 1. The smallest absolute Gasteiger partial charge is 0.210 e. The molecule has 1 heterocycles. The fourth-order valence-electron chi connectivity index (χ4n) is 2.02. The van der Waals surface area contributed by atoms with Crippen LogP contribution in [0.2, 0.25) is 0 Å². The molecule has 0 aliphatic carbocycles. The molecule has 102 valence electrons. The van der Waals surface area contributed by atoms with Crippen LogP contribution in [0.1, 0.15) is 25.3 Å². The number of hydrogen-bond acceptors (Lipinski definition) is 4. The Balaban J connectivity index is 2.07. The second kappa shape index (κ2) is 5.53. The predicted octanol–water partition coefficient (Wildman–Crippen LogP) is 2.12. The van der Waals surface area contributed by atoms with Crippen molar-refractivity contribution in [3.63, 3.8) is 0 Å². The van der Waals surface area contributed by atoms with E-state index in [0.717, 1.165) is 18.6 Å². The van der Waals surface area contributed by atoms with E-state index in [0.29, 0.717) is 12.1 Å². The number of thioether (sulfide) groups is 1. The molecule has 0 bridgehead atoms. The number of benzene rings is 1. The van der Waals surface area contributed by atoms with Gasteiger partial charge in [-0.05, 0) is 49.8 Å². The lowest BCUT2D eigenvalue weighted by molar-refractivity contribution is 0.552. The zero-order valence-corrected chi connectivity index (χ0v) is 12.4. The van der Waals surface area contributed by atoms with Gasteiger partial charge in [-0.1, -0.05) is 0 Å². The topological polar surface area (TPSA) is 70.0 Å². The molecule has 1 atom stereocenters. The van der Waals surface area contributed by atoms with Crippen molar-refractivity contribution in [1.82, 2.24) is 4.72 Å². The van der Waals surface area contributed by atoms with Gasteiger partial charge in [0.25, 0.3) is 0 Å². The lowest BCUT2D eigenvalue weighted by Gasteiger charge is -2.22. The van der Waals surface area contributed by atoms with Crippen molar-refractivity contribution in [1.29, 1.82) is 5.26 Å². The Morgan fingerprint density at radius 3 is 2.63 bits per heavy atom. The third-order valence-electron chi connectivity index (χ3n) is 3.23. The Hall–Kier alpha value is -1.03. The summed E-state index contributed by atoms with van der Waals surface area (Å²) in [6, 6.07) is 7.93. The van der Waals surface area contributed by atoms with Crippen LogP contribution in [-0.4, -0.2) is 25.5 Å². The second-order valence-electron chi connectivity index (χ2n) is 4.86. The van der Waals surface area contributed by atoms with Crippen molar-refractivity contribution in [3.8, 4) is 6.07 Å². The predicted molar refractivity (Wildman–Crippen MR) is 76.4 cm³/mol. The molecule has 1 fully saturated rings. The fraction of sp³-hybridized carbons (Fsp3) is 0.462. The van der Waals surface area contributed by atoms with Gasteiger partial charge in [-0.2, -0.15) is 17.0 Å². The van der Waals surface area contributed by atoms with Crippen molar-refractivity contribution >= 4 is 21.8 Å². The van der Waals surface area contributed by atoms with Crippen molar-refractivity contribution in [2.75, 3.05) is 12.3 Å². The van der Waals surface area contributed by atoms with E-state index in [1.807, 2.05) is 17.8 Å². The van der Waals surface area contributed by atoms with Gasteiger partial charge in [0.05, 0.1) is 16.5 Å². The van der Waals surface area contributed by atoms with Gasteiger partial charge in [0.15, 0.2) is 0 Å². The third-order valence-corrected chi connectivity index (χ3v) is 6.19. The SMILES string of the molecule is CC1(CNS(=O)(=O)c2ccc(C#N)cc2)CCCS1. The summed E-state index contributed by atoms with van der Waals surface area (Å²) in [5.74, 6) is 1.09. The Morgan fingerprint density at radius 1 is 1.42 bits per heavy atom. The minimum Gasteiger partial charge on any atom is -0.210 e. The van der Waals surface area contributed by atoms with Crippen LogP contribution in [0.25, 0.3) is 0 Å². The van der Waals surface area contributed by atoms with Gasteiger partial charge in [-0.3, -0.25) is 0 Å². The first-order valence-corrected chi connectivity index (χ1v) is 8.56. The largest absolute Gasteiger partial charge is 0.240 e. The van der Waals surface area contributed by atoms with Crippen molar-refractivity contribution in [2.45, 2.75) is 29.4 Å². The van der Waals surface area contributed by atoms with Crippen LogP contribution in [0, 0.1) is 11.3 Å². The fourth-order valence-corrected chi connectivity index (χ4v) is 4.52. The molecule has 0 saturated carbocycles. The van der Waals surface area contributed by atoms with Gasteiger partial charge in [0.2, 0.25) is 10.0 Å². The standard InChI is InChI=1S/C13H16N2O2S2/c1-13(7-2-8-18-13)10-15-19(16,17)12-5-3-11(9-14)4-6-12/h3-6,15H,2,7-8,10H2,1H3. The monoisotopic (exact) mass is 296 g/mol. The maximum atomic E-state index is 12.1. The molecule has 4 nitrogen and oxygen atoms in total. The summed E-state index contributed by atoms with van der Waals surface area (Å²) in [6.45, 7) is 2.53. The minimum atomic E-state index is -3.48. The molecule has 0 spiro atoms. The molecular weight excluding hydrogens is 280 g/mol. The van der Waals surface area contributed by atoms with Gasteiger partial charge in [0.1, 0.15) is 0 Å². The van der Waals surface area contributed by atoms with Crippen LogP contribution in [0.5, 0.6) is 0 Å². The molecule has 1 saturated heterocycles. The molecule has 1 aliphatic heterocycles. The van der Waals surface area contributed by atoms with Gasteiger partial charge in [-0.15, -0.1) is 0 Å². The molecular formula is C13H16N2O2S2. The van der Waals surface area contributed by atoms with Crippen LogP contribution in [0.15, 0.2) is 29.2 Å². The normalized spacial score (nSPS) is 23.2. The molecule has 1 N–H and O–H groups in total. The zero-order chi connectivity index (χ0) is 13.9. The highest BCUT2D eigenvalue weighted by Gasteiger charge is 2.31. The summed E-state index contributed by atoms with van der Waals surface area (Å²) >= 11 is 1.82. The maximum absolute atomic E-state index is 12.1. The van der Waals surface area contributed by atoms with Crippen LogP contribution in [-0.2, 0) is 10.0 Å². The van der Waals surface area contributed by atoms with Gasteiger partial charge in [0, 0.05) is 11.3 Å². The maximum Gasteiger partial charge on any atom is 0.240 e. The van der Waals surface area contributed by atoms with Crippen molar-refractivity contribution in [3.05, 3.63) is 29.8 Å².